The second kappa shape index (κ2) is 5.01. The van der Waals surface area contributed by atoms with Gasteiger partial charge in [0.2, 0.25) is 0 Å². The average Bonchev–Trinajstić information content (AvgIpc) is 2.72. The maximum atomic E-state index is 12.6. The van der Waals surface area contributed by atoms with Gasteiger partial charge in [-0.25, -0.2) is 0 Å². The Hall–Kier alpha value is -2.13. The van der Waals surface area contributed by atoms with Gasteiger partial charge in [0.15, 0.2) is 0 Å². The molecule has 1 spiro atoms. The molecule has 1 aliphatic heterocycles. The van der Waals surface area contributed by atoms with Crippen molar-refractivity contribution >= 4 is 12.0 Å². The van der Waals surface area contributed by atoms with Gasteiger partial charge >= 0.3 is 0 Å². The molecule has 0 radical (unpaired) electrons. The molecule has 1 aliphatic carbocycles. The molecular weight excluding hydrogens is 262 g/mol. The highest BCUT2D eigenvalue weighted by Gasteiger charge is 2.52. The summed E-state index contributed by atoms with van der Waals surface area (Å²) in [4.78, 5) is 14.3. The Morgan fingerprint density at radius 3 is 2.71 bits per heavy atom. The Labute approximate surface area is 124 Å². The average molecular weight is 281 g/mol. The van der Waals surface area contributed by atoms with Crippen molar-refractivity contribution in [1.29, 1.82) is 0 Å². The number of rotatable bonds is 1. The van der Waals surface area contributed by atoms with Crippen LogP contribution in [0.4, 0.5) is 0 Å². The monoisotopic (exact) mass is 281 g/mol. The third kappa shape index (κ3) is 2.05. The lowest BCUT2D eigenvalue weighted by molar-refractivity contribution is -0.123. The van der Waals surface area contributed by atoms with E-state index < -0.39 is 11.5 Å². The van der Waals surface area contributed by atoms with E-state index in [4.69, 9.17) is 0 Å². The van der Waals surface area contributed by atoms with Crippen LogP contribution in [0.1, 0.15) is 12.5 Å². The molecule has 1 N–H and O–H groups in total. The summed E-state index contributed by atoms with van der Waals surface area (Å²) < 4.78 is 0. The third-order valence-electron chi connectivity index (χ3n) is 4.50. The summed E-state index contributed by atoms with van der Waals surface area (Å²) in [5.41, 5.74) is 2.04. The summed E-state index contributed by atoms with van der Waals surface area (Å²) in [5, 5.41) is 10.6. The number of carbonyl (C=O) groups excluding carboxylic acids is 1. The van der Waals surface area contributed by atoms with Gasteiger partial charge in [-0.1, -0.05) is 54.1 Å². The first-order valence-electron chi connectivity index (χ1n) is 7.12. The fourth-order valence-electron chi connectivity index (χ4n) is 3.28. The number of hydrogen-bond donors (Lipinski definition) is 1. The second-order valence-corrected chi connectivity index (χ2v) is 5.78. The number of carbonyl (C=O) groups is 1. The molecule has 0 bridgehead atoms. The van der Waals surface area contributed by atoms with Crippen LogP contribution in [0.15, 0.2) is 59.7 Å². The Morgan fingerprint density at radius 1 is 1.33 bits per heavy atom. The number of amides is 1. The lowest BCUT2D eigenvalue weighted by atomic mass is 9.69. The molecule has 21 heavy (non-hydrogen) atoms. The van der Waals surface area contributed by atoms with Gasteiger partial charge in [0, 0.05) is 19.2 Å². The van der Waals surface area contributed by atoms with Crippen LogP contribution in [0, 0.1) is 5.41 Å². The van der Waals surface area contributed by atoms with Gasteiger partial charge in [-0.2, -0.15) is 0 Å². The van der Waals surface area contributed by atoms with Crippen LogP contribution in [0.25, 0.3) is 6.08 Å². The molecule has 108 valence electrons. The molecule has 0 aromatic heterocycles. The van der Waals surface area contributed by atoms with Gasteiger partial charge in [0.25, 0.3) is 5.91 Å². The van der Waals surface area contributed by atoms with E-state index >= 15 is 0 Å². The molecule has 1 aromatic carbocycles. The number of aliphatic hydroxyl groups is 1. The summed E-state index contributed by atoms with van der Waals surface area (Å²) in [7, 11) is 1.79. The molecule has 1 heterocycles. The molecule has 2 aliphatic rings. The van der Waals surface area contributed by atoms with Crippen LogP contribution >= 0.6 is 0 Å². The lowest BCUT2D eigenvalue weighted by Gasteiger charge is -2.36. The first-order valence-corrected chi connectivity index (χ1v) is 7.12. The standard InChI is InChI=1S/C18H19NO2/c1-13-7-6-10-16(20)18(13)12-19(2)17(21)15(18)11-14-8-4-3-5-9-14/h3-11,16,20H,12H2,1-2H3/b15-11+/t16-,18-/m0/s1. The molecule has 0 saturated carbocycles. The summed E-state index contributed by atoms with van der Waals surface area (Å²) in [6.07, 6.45) is 6.84. The van der Waals surface area contributed by atoms with Crippen molar-refractivity contribution in [3.63, 3.8) is 0 Å². The first kappa shape index (κ1) is 13.8. The van der Waals surface area contributed by atoms with Gasteiger partial charge in [-0.15, -0.1) is 0 Å². The SMILES string of the molecule is CC1=CC=C[C@H](O)[C@@]12CN(C)C(=O)/C2=C\c1ccccc1. The molecule has 2 atom stereocenters. The smallest absolute Gasteiger partial charge is 0.250 e. The van der Waals surface area contributed by atoms with Crippen molar-refractivity contribution in [2.45, 2.75) is 13.0 Å². The van der Waals surface area contributed by atoms with E-state index in [-0.39, 0.29) is 5.91 Å². The number of likely N-dealkylation sites (N-methyl/N-ethyl adjacent to an activating group) is 1. The van der Waals surface area contributed by atoms with Crippen LogP contribution in [-0.2, 0) is 4.79 Å². The van der Waals surface area contributed by atoms with Gasteiger partial charge in [-0.05, 0) is 18.6 Å². The minimum absolute atomic E-state index is 0.0130. The first-order chi connectivity index (χ1) is 10.1. The van der Waals surface area contributed by atoms with Crippen LogP contribution in [-0.4, -0.2) is 35.6 Å². The van der Waals surface area contributed by atoms with Gasteiger partial charge in [0.1, 0.15) is 0 Å². The predicted molar refractivity (Wildman–Crippen MR) is 83.4 cm³/mol. The summed E-state index contributed by atoms with van der Waals surface area (Å²) in [5.74, 6) is -0.0130. The number of aliphatic hydroxyl groups excluding tert-OH is 1. The lowest BCUT2D eigenvalue weighted by Crippen LogP contribution is -2.40. The molecule has 0 unspecified atom stereocenters. The molecule has 1 aromatic rings. The molecule has 1 amide bonds. The van der Waals surface area contributed by atoms with Crippen LogP contribution in [0.5, 0.6) is 0 Å². The Kier molecular flexibility index (Phi) is 3.30. The summed E-state index contributed by atoms with van der Waals surface area (Å²) in [6.45, 7) is 2.50. The zero-order valence-electron chi connectivity index (χ0n) is 12.3. The summed E-state index contributed by atoms with van der Waals surface area (Å²) in [6, 6.07) is 9.78. The fraction of sp³-hybridized carbons (Fsp3) is 0.278. The van der Waals surface area contributed by atoms with Crippen LogP contribution in [0.3, 0.4) is 0 Å². The zero-order chi connectivity index (χ0) is 15.0. The minimum atomic E-state index is -0.675. The summed E-state index contributed by atoms with van der Waals surface area (Å²) >= 11 is 0. The zero-order valence-corrected chi connectivity index (χ0v) is 12.3. The van der Waals surface area contributed by atoms with Crippen molar-refractivity contribution in [1.82, 2.24) is 4.90 Å². The highest BCUT2D eigenvalue weighted by molar-refractivity contribution is 6.02. The normalized spacial score (nSPS) is 30.3. The van der Waals surface area contributed by atoms with Gasteiger partial charge in [0.05, 0.1) is 11.5 Å². The topological polar surface area (TPSA) is 40.5 Å². The van der Waals surface area contributed by atoms with Crippen molar-refractivity contribution in [2.24, 2.45) is 5.41 Å². The van der Waals surface area contributed by atoms with Crippen molar-refractivity contribution < 1.29 is 9.90 Å². The number of allylic oxidation sites excluding steroid dienone is 2. The highest BCUT2D eigenvalue weighted by atomic mass is 16.3. The van der Waals surface area contributed by atoms with Crippen molar-refractivity contribution in [2.75, 3.05) is 13.6 Å². The number of likely N-dealkylation sites (tertiary alicyclic amines) is 1. The molecule has 1 saturated heterocycles. The second-order valence-electron chi connectivity index (χ2n) is 5.78. The number of nitrogens with zero attached hydrogens (tertiary/aromatic N) is 1. The van der Waals surface area contributed by atoms with Crippen molar-refractivity contribution in [3.8, 4) is 0 Å². The van der Waals surface area contributed by atoms with Crippen LogP contribution in [0.2, 0.25) is 0 Å². The highest BCUT2D eigenvalue weighted by Crippen LogP contribution is 2.47. The van der Waals surface area contributed by atoms with E-state index in [9.17, 15) is 9.90 Å². The van der Waals surface area contributed by atoms with Crippen molar-refractivity contribution in [3.05, 3.63) is 65.3 Å². The molecule has 3 nitrogen and oxygen atoms in total. The van der Waals surface area contributed by atoms with Gasteiger partial charge in [-0.3, -0.25) is 4.79 Å². The minimum Gasteiger partial charge on any atom is -0.388 e. The Morgan fingerprint density at radius 2 is 2.05 bits per heavy atom. The molecular formula is C18H19NO2. The quantitative estimate of drug-likeness (QED) is 0.803. The predicted octanol–water partition coefficient (Wildman–Crippen LogP) is 2.41. The van der Waals surface area contributed by atoms with E-state index in [1.165, 1.54) is 0 Å². The number of hydrogen-bond acceptors (Lipinski definition) is 2. The maximum Gasteiger partial charge on any atom is 0.250 e. The third-order valence-corrected chi connectivity index (χ3v) is 4.50. The molecule has 1 fully saturated rings. The fourth-order valence-corrected chi connectivity index (χ4v) is 3.28. The van der Waals surface area contributed by atoms with E-state index in [1.807, 2.05) is 55.5 Å². The molecule has 3 rings (SSSR count). The molecule has 3 heteroatoms. The Bertz CT molecular complexity index is 657. The Balaban J connectivity index is 2.16. The van der Waals surface area contributed by atoms with E-state index in [0.29, 0.717) is 12.1 Å². The van der Waals surface area contributed by atoms with E-state index in [2.05, 4.69) is 0 Å². The van der Waals surface area contributed by atoms with E-state index in [1.54, 1.807) is 18.0 Å². The van der Waals surface area contributed by atoms with Crippen LogP contribution < -0.4 is 0 Å². The van der Waals surface area contributed by atoms with E-state index in [0.717, 1.165) is 11.1 Å². The number of benzene rings is 1. The maximum absolute atomic E-state index is 12.6. The van der Waals surface area contributed by atoms with Gasteiger partial charge < -0.3 is 10.0 Å². The largest absolute Gasteiger partial charge is 0.388 e.